The van der Waals surface area contributed by atoms with Crippen LogP contribution in [0, 0.1) is 33.5 Å². The summed E-state index contributed by atoms with van der Waals surface area (Å²) in [6.07, 6.45) is 4.25. The summed E-state index contributed by atoms with van der Waals surface area (Å²) in [4.78, 5) is 0. The number of aliphatic hydroxyl groups is 3. The van der Waals surface area contributed by atoms with Crippen molar-refractivity contribution in [2.75, 3.05) is 26.4 Å². The van der Waals surface area contributed by atoms with Gasteiger partial charge in [0.1, 0.15) is 0 Å². The molecule has 2 aliphatic carbocycles. The second kappa shape index (κ2) is 12.6. The van der Waals surface area contributed by atoms with Crippen LogP contribution < -0.4 is 10.4 Å². The van der Waals surface area contributed by atoms with Crippen molar-refractivity contribution in [2.24, 2.45) is 33.5 Å². The third kappa shape index (κ3) is 6.13. The fourth-order valence-corrected chi connectivity index (χ4v) is 12.1. The summed E-state index contributed by atoms with van der Waals surface area (Å²) in [5.74, 6) is 0.802. The Labute approximate surface area is 251 Å². The molecule has 0 bridgehead atoms. The van der Waals surface area contributed by atoms with Crippen LogP contribution in [0.15, 0.2) is 60.7 Å². The van der Waals surface area contributed by atoms with E-state index in [0.29, 0.717) is 11.8 Å². The van der Waals surface area contributed by atoms with Crippen molar-refractivity contribution in [3.8, 4) is 0 Å². The standard InChI is InChI=1S/C26H38O2Si.C10H20O2/c1-24(2,3)29(22-13-9-7-10-14-22,23-15-11-8-12-16-23)28-19-21-17-18-26(6,20-27)25(21,4)5;1-9(2)8(6-11)4-5-10(9,3)7-12/h7-16,21,27H,17-20H2,1-6H3;8,11-12H,4-7H2,1-3H3/t21-,26+;8-,10+/m00/s1. The highest BCUT2D eigenvalue weighted by Crippen LogP contribution is 2.56. The van der Waals surface area contributed by atoms with Crippen LogP contribution in [0.4, 0.5) is 0 Å². The van der Waals surface area contributed by atoms with E-state index in [1.54, 1.807) is 0 Å². The summed E-state index contributed by atoms with van der Waals surface area (Å²) in [5, 5.41) is 31.2. The van der Waals surface area contributed by atoms with Gasteiger partial charge in [-0.2, -0.15) is 0 Å². The molecule has 2 aromatic carbocycles. The van der Waals surface area contributed by atoms with Crippen molar-refractivity contribution in [1.82, 2.24) is 0 Å². The summed E-state index contributed by atoms with van der Waals surface area (Å²) >= 11 is 0. The monoisotopic (exact) mass is 582 g/mol. The van der Waals surface area contributed by atoms with E-state index in [9.17, 15) is 10.2 Å². The van der Waals surface area contributed by atoms with Crippen LogP contribution >= 0.6 is 0 Å². The zero-order valence-electron chi connectivity index (χ0n) is 27.3. The minimum atomic E-state index is -2.50. The Balaban J connectivity index is 0.000000322. The van der Waals surface area contributed by atoms with E-state index in [-0.39, 0.29) is 46.5 Å². The molecule has 2 aliphatic rings. The molecular weight excluding hydrogens is 524 g/mol. The largest absolute Gasteiger partial charge is 0.407 e. The highest BCUT2D eigenvalue weighted by molar-refractivity contribution is 6.99. The highest BCUT2D eigenvalue weighted by Gasteiger charge is 2.54. The van der Waals surface area contributed by atoms with Gasteiger partial charge in [0.15, 0.2) is 0 Å². The fraction of sp³-hybridized carbons (Fsp3) is 0.667. The normalized spacial score (nSPS) is 29.2. The van der Waals surface area contributed by atoms with Crippen LogP contribution in [-0.4, -0.2) is 50.1 Å². The molecule has 230 valence electrons. The van der Waals surface area contributed by atoms with Crippen LogP contribution in [-0.2, 0) is 4.43 Å². The van der Waals surface area contributed by atoms with E-state index < -0.39 is 8.32 Å². The minimum absolute atomic E-state index is 0.000394. The summed E-state index contributed by atoms with van der Waals surface area (Å²) in [6, 6.07) is 21.7. The van der Waals surface area contributed by atoms with Gasteiger partial charge in [0, 0.05) is 26.4 Å². The molecule has 0 amide bonds. The smallest absolute Gasteiger partial charge is 0.261 e. The maximum atomic E-state index is 10.1. The number of hydrogen-bond acceptors (Lipinski definition) is 4. The third-order valence-electron chi connectivity index (χ3n) is 12.1. The zero-order chi connectivity index (χ0) is 30.7. The molecule has 5 heteroatoms. The average Bonchev–Trinajstić information content (AvgIpc) is 3.32. The Morgan fingerprint density at radius 3 is 1.39 bits per heavy atom. The van der Waals surface area contributed by atoms with Crippen LogP contribution in [0.5, 0.6) is 0 Å². The van der Waals surface area contributed by atoms with Gasteiger partial charge in [-0.3, -0.25) is 0 Å². The molecule has 0 unspecified atom stereocenters. The van der Waals surface area contributed by atoms with Gasteiger partial charge in [-0.15, -0.1) is 0 Å². The van der Waals surface area contributed by atoms with E-state index in [1.807, 2.05) is 0 Å². The van der Waals surface area contributed by atoms with Gasteiger partial charge in [-0.1, -0.05) is 123 Å². The molecule has 0 aliphatic heterocycles. The average molecular weight is 583 g/mol. The molecule has 2 fully saturated rings. The Hall–Kier alpha value is -1.50. The van der Waals surface area contributed by atoms with Gasteiger partial charge < -0.3 is 19.7 Å². The molecule has 0 aromatic heterocycles. The fourth-order valence-electron chi connectivity index (χ4n) is 7.50. The van der Waals surface area contributed by atoms with E-state index >= 15 is 0 Å². The molecule has 0 saturated heterocycles. The number of hydrogen-bond donors (Lipinski definition) is 3. The molecule has 41 heavy (non-hydrogen) atoms. The predicted octanol–water partition coefficient (Wildman–Crippen LogP) is 6.41. The number of rotatable bonds is 8. The van der Waals surface area contributed by atoms with Crippen LogP contribution in [0.1, 0.15) is 88.0 Å². The van der Waals surface area contributed by atoms with E-state index in [2.05, 4.69) is 123 Å². The molecule has 4 nitrogen and oxygen atoms in total. The quantitative estimate of drug-likeness (QED) is 0.315. The maximum Gasteiger partial charge on any atom is 0.261 e. The topological polar surface area (TPSA) is 69.9 Å². The maximum absolute atomic E-state index is 10.1. The predicted molar refractivity (Wildman–Crippen MR) is 174 cm³/mol. The molecule has 2 saturated carbocycles. The van der Waals surface area contributed by atoms with E-state index in [1.165, 1.54) is 10.4 Å². The van der Waals surface area contributed by atoms with Gasteiger partial charge in [0.25, 0.3) is 8.32 Å². The lowest BCUT2D eigenvalue weighted by Gasteiger charge is -2.46. The molecule has 4 atom stereocenters. The second-order valence-electron chi connectivity index (χ2n) is 15.5. The molecular formula is C36H58O4Si. The lowest BCUT2D eigenvalue weighted by atomic mass is 9.66. The number of benzene rings is 2. The van der Waals surface area contributed by atoms with Gasteiger partial charge in [-0.05, 0) is 74.6 Å². The Morgan fingerprint density at radius 1 is 0.683 bits per heavy atom. The molecule has 0 spiro atoms. The van der Waals surface area contributed by atoms with Gasteiger partial charge >= 0.3 is 0 Å². The number of aliphatic hydroxyl groups excluding tert-OH is 3. The Bertz CT molecular complexity index is 1050. The van der Waals surface area contributed by atoms with Crippen LogP contribution in [0.25, 0.3) is 0 Å². The highest BCUT2D eigenvalue weighted by atomic mass is 28.4. The van der Waals surface area contributed by atoms with Gasteiger partial charge in [0.05, 0.1) is 0 Å². The first kappa shape index (κ1) is 34.0. The van der Waals surface area contributed by atoms with Crippen molar-refractivity contribution in [1.29, 1.82) is 0 Å². The van der Waals surface area contributed by atoms with Crippen LogP contribution in [0.3, 0.4) is 0 Å². The second-order valence-corrected chi connectivity index (χ2v) is 19.8. The first-order valence-corrected chi connectivity index (χ1v) is 17.5. The lowest BCUT2D eigenvalue weighted by Crippen LogP contribution is -2.67. The Morgan fingerprint density at radius 2 is 1.07 bits per heavy atom. The molecule has 3 N–H and O–H groups in total. The van der Waals surface area contributed by atoms with Crippen molar-refractivity contribution >= 4 is 18.7 Å². The zero-order valence-corrected chi connectivity index (χ0v) is 28.3. The molecule has 2 aromatic rings. The first-order valence-electron chi connectivity index (χ1n) is 15.6. The lowest BCUT2D eigenvalue weighted by molar-refractivity contribution is 0.0103. The van der Waals surface area contributed by atoms with Crippen molar-refractivity contribution in [3.63, 3.8) is 0 Å². The van der Waals surface area contributed by atoms with Gasteiger partial charge in [0.2, 0.25) is 0 Å². The first-order chi connectivity index (χ1) is 19.1. The van der Waals surface area contributed by atoms with Crippen molar-refractivity contribution in [2.45, 2.75) is 93.0 Å². The van der Waals surface area contributed by atoms with Gasteiger partial charge in [-0.25, -0.2) is 0 Å². The molecule has 0 radical (unpaired) electrons. The van der Waals surface area contributed by atoms with E-state index in [0.717, 1.165) is 32.3 Å². The summed E-state index contributed by atoms with van der Waals surface area (Å²) in [5.41, 5.74) is 0.0799. The summed E-state index contributed by atoms with van der Waals surface area (Å²) in [7, 11) is -2.50. The summed E-state index contributed by atoms with van der Waals surface area (Å²) < 4.78 is 7.18. The summed E-state index contributed by atoms with van der Waals surface area (Å²) in [6.45, 7) is 21.7. The SMILES string of the molecule is CC1(C)[C@H](CO)CC[C@]1(C)CO.CC1(C)[C@H](CO[Si](c2ccccc2)(c2ccccc2)C(C)(C)C)CC[C@]1(C)CO. The van der Waals surface area contributed by atoms with Crippen LogP contribution in [0.2, 0.25) is 5.04 Å². The molecule has 0 heterocycles. The Kier molecular flexibility index (Phi) is 10.5. The van der Waals surface area contributed by atoms with Crippen molar-refractivity contribution < 1.29 is 19.7 Å². The van der Waals surface area contributed by atoms with E-state index in [4.69, 9.17) is 9.53 Å². The third-order valence-corrected chi connectivity index (χ3v) is 17.1. The minimum Gasteiger partial charge on any atom is -0.407 e. The molecule has 4 rings (SSSR count). The van der Waals surface area contributed by atoms with Crippen molar-refractivity contribution in [3.05, 3.63) is 60.7 Å².